The summed E-state index contributed by atoms with van der Waals surface area (Å²) in [5, 5.41) is 0. The summed E-state index contributed by atoms with van der Waals surface area (Å²) in [6.45, 7) is 10.3. The van der Waals surface area contributed by atoms with Crippen LogP contribution >= 0.6 is 0 Å². The molecule has 3 heteroatoms. The highest BCUT2D eigenvalue weighted by Crippen LogP contribution is 2.20. The second kappa shape index (κ2) is 3.62. The van der Waals surface area contributed by atoms with Crippen LogP contribution in [-0.2, 0) is 9.16 Å². The third kappa shape index (κ3) is 2.99. The van der Waals surface area contributed by atoms with Crippen molar-refractivity contribution in [1.29, 1.82) is 0 Å². The van der Waals surface area contributed by atoms with Crippen molar-refractivity contribution in [2.45, 2.75) is 33.0 Å². The molecule has 1 aliphatic rings. The van der Waals surface area contributed by atoms with E-state index in [2.05, 4.69) is 26.6 Å². The summed E-state index contributed by atoms with van der Waals surface area (Å²) < 4.78 is 11.2. The molecular weight excluding hydrogens is 168 g/mol. The zero-order valence-electron chi connectivity index (χ0n) is 8.44. The molecule has 12 heavy (non-hydrogen) atoms. The molecule has 0 unspecified atom stereocenters. The first kappa shape index (κ1) is 9.80. The van der Waals surface area contributed by atoms with Crippen molar-refractivity contribution in [2.75, 3.05) is 13.2 Å². The van der Waals surface area contributed by atoms with Crippen molar-refractivity contribution in [3.63, 3.8) is 0 Å². The molecule has 0 saturated carbocycles. The van der Waals surface area contributed by atoms with Crippen LogP contribution < -0.4 is 0 Å². The average molecular weight is 186 g/mol. The molecule has 1 aliphatic heterocycles. The van der Waals surface area contributed by atoms with Crippen molar-refractivity contribution in [3.05, 3.63) is 11.3 Å². The first-order chi connectivity index (χ1) is 5.49. The maximum Gasteiger partial charge on any atom is 0.241 e. The molecule has 0 bridgehead atoms. The summed E-state index contributed by atoms with van der Waals surface area (Å²) in [6.07, 6.45) is 0.954. The zero-order valence-corrected chi connectivity index (χ0v) is 9.44. The summed E-state index contributed by atoms with van der Waals surface area (Å²) in [5.74, 6) is 1.18. The molecule has 0 aliphatic carbocycles. The molecule has 1 heterocycles. The Balaban J connectivity index is 2.61. The van der Waals surface area contributed by atoms with Crippen LogP contribution in [0.4, 0.5) is 0 Å². The largest absolute Gasteiger partial charge is 0.547 e. The monoisotopic (exact) mass is 186 g/mol. The highest BCUT2D eigenvalue weighted by atomic mass is 28.4. The molecule has 0 aromatic carbocycles. The van der Waals surface area contributed by atoms with E-state index in [4.69, 9.17) is 9.16 Å². The normalized spacial score (nSPS) is 19.7. The fourth-order valence-corrected chi connectivity index (χ4v) is 2.21. The van der Waals surface area contributed by atoms with Gasteiger partial charge in [-0.25, -0.2) is 0 Å². The Morgan fingerprint density at radius 3 is 2.50 bits per heavy atom. The molecule has 0 aromatic rings. The van der Waals surface area contributed by atoms with Crippen LogP contribution in [0.5, 0.6) is 0 Å². The number of rotatable bonds is 2. The van der Waals surface area contributed by atoms with Gasteiger partial charge in [-0.1, -0.05) is 0 Å². The molecule has 0 spiro atoms. The quantitative estimate of drug-likeness (QED) is 0.617. The molecule has 0 aromatic heterocycles. The van der Waals surface area contributed by atoms with Gasteiger partial charge in [0.15, 0.2) is 0 Å². The molecule has 0 atom stereocenters. The van der Waals surface area contributed by atoms with Crippen LogP contribution in [-0.4, -0.2) is 21.5 Å². The first-order valence-electron chi connectivity index (χ1n) is 4.44. The third-order valence-corrected chi connectivity index (χ3v) is 2.56. The molecule has 0 saturated heterocycles. The van der Waals surface area contributed by atoms with Gasteiger partial charge in [0.05, 0.1) is 19.0 Å². The van der Waals surface area contributed by atoms with Crippen molar-refractivity contribution in [1.82, 2.24) is 0 Å². The minimum atomic E-state index is -1.40. The van der Waals surface area contributed by atoms with Crippen molar-refractivity contribution < 1.29 is 9.16 Å². The summed E-state index contributed by atoms with van der Waals surface area (Å²) >= 11 is 0. The molecule has 0 N–H and O–H groups in total. The lowest BCUT2D eigenvalue weighted by Gasteiger charge is -2.26. The molecule has 2 nitrogen and oxygen atoms in total. The Morgan fingerprint density at radius 1 is 1.33 bits per heavy atom. The lowest BCUT2D eigenvalue weighted by atomic mass is 10.2. The molecule has 70 valence electrons. The number of ether oxygens (including phenoxy) is 1. The van der Waals surface area contributed by atoms with Crippen molar-refractivity contribution in [3.8, 4) is 0 Å². The number of hydrogen-bond acceptors (Lipinski definition) is 2. The van der Waals surface area contributed by atoms with Gasteiger partial charge in [-0.15, -0.1) is 0 Å². The summed E-state index contributed by atoms with van der Waals surface area (Å²) in [5.41, 5.74) is 1.27. The molecule has 0 amide bonds. The van der Waals surface area contributed by atoms with Crippen LogP contribution in [0.2, 0.25) is 19.6 Å². The van der Waals surface area contributed by atoms with Gasteiger partial charge in [-0.3, -0.25) is 0 Å². The van der Waals surface area contributed by atoms with Gasteiger partial charge in [0.1, 0.15) is 0 Å². The number of hydrogen-bond donors (Lipinski definition) is 0. The lowest BCUT2D eigenvalue weighted by Crippen LogP contribution is -2.27. The maximum absolute atomic E-state index is 5.93. The molecule has 0 fully saturated rings. The van der Waals surface area contributed by atoms with Crippen LogP contribution in [0.3, 0.4) is 0 Å². The minimum absolute atomic E-state index is 0.750. The highest BCUT2D eigenvalue weighted by Gasteiger charge is 2.20. The third-order valence-electron chi connectivity index (χ3n) is 1.70. The van der Waals surface area contributed by atoms with E-state index < -0.39 is 8.32 Å². The van der Waals surface area contributed by atoms with Crippen LogP contribution in [0.15, 0.2) is 11.3 Å². The Kier molecular flexibility index (Phi) is 2.96. The Bertz CT molecular complexity index is 191. The van der Waals surface area contributed by atoms with E-state index >= 15 is 0 Å². The Morgan fingerprint density at radius 2 is 2.00 bits per heavy atom. The van der Waals surface area contributed by atoms with Gasteiger partial charge in [-0.2, -0.15) is 0 Å². The van der Waals surface area contributed by atoms with E-state index in [1.165, 1.54) is 11.3 Å². The van der Waals surface area contributed by atoms with Crippen LogP contribution in [0.25, 0.3) is 0 Å². The van der Waals surface area contributed by atoms with Crippen LogP contribution in [0.1, 0.15) is 13.3 Å². The first-order valence-corrected chi connectivity index (χ1v) is 7.85. The summed E-state index contributed by atoms with van der Waals surface area (Å²) in [7, 11) is -1.40. The standard InChI is InChI=1S/C9H18O2Si/c1-8-7-10-6-5-9(8)11-12(2,3)4/h5-7H2,1-4H3. The smallest absolute Gasteiger partial charge is 0.241 e. The van der Waals surface area contributed by atoms with Crippen molar-refractivity contribution >= 4 is 8.32 Å². The molecular formula is C9H18O2Si. The lowest BCUT2D eigenvalue weighted by molar-refractivity contribution is 0.129. The van der Waals surface area contributed by atoms with Gasteiger partial charge in [0.25, 0.3) is 0 Å². The fraction of sp³-hybridized carbons (Fsp3) is 0.778. The average Bonchev–Trinajstić information content (AvgIpc) is 1.91. The van der Waals surface area contributed by atoms with E-state index in [9.17, 15) is 0 Å². The molecule has 0 radical (unpaired) electrons. The maximum atomic E-state index is 5.93. The van der Waals surface area contributed by atoms with Crippen LogP contribution in [0, 0.1) is 0 Å². The van der Waals surface area contributed by atoms with E-state index in [0.29, 0.717) is 0 Å². The van der Waals surface area contributed by atoms with Gasteiger partial charge in [-0.05, 0) is 32.1 Å². The summed E-state index contributed by atoms with van der Waals surface area (Å²) in [6, 6.07) is 0. The Labute approximate surface area is 75.7 Å². The van der Waals surface area contributed by atoms with E-state index in [1.807, 2.05) is 0 Å². The van der Waals surface area contributed by atoms with E-state index in [1.54, 1.807) is 0 Å². The topological polar surface area (TPSA) is 18.5 Å². The van der Waals surface area contributed by atoms with Crippen molar-refractivity contribution in [2.24, 2.45) is 0 Å². The van der Waals surface area contributed by atoms with Gasteiger partial charge >= 0.3 is 0 Å². The van der Waals surface area contributed by atoms with Gasteiger partial charge in [0, 0.05) is 6.42 Å². The predicted molar refractivity (Wildman–Crippen MR) is 52.6 cm³/mol. The minimum Gasteiger partial charge on any atom is -0.547 e. The van der Waals surface area contributed by atoms with Gasteiger partial charge < -0.3 is 9.16 Å². The van der Waals surface area contributed by atoms with E-state index in [-0.39, 0.29) is 0 Å². The Hall–Kier alpha value is -0.283. The van der Waals surface area contributed by atoms with Gasteiger partial charge in [0.2, 0.25) is 8.32 Å². The SMILES string of the molecule is CC1=C(O[Si](C)(C)C)CCOC1. The van der Waals surface area contributed by atoms with E-state index in [0.717, 1.165) is 19.6 Å². The second-order valence-corrected chi connectivity index (χ2v) is 8.65. The summed E-state index contributed by atoms with van der Waals surface area (Å²) in [4.78, 5) is 0. The zero-order chi connectivity index (χ0) is 9.19. The predicted octanol–water partition coefficient (Wildman–Crippen LogP) is 2.53. The molecule has 1 rings (SSSR count). The second-order valence-electron chi connectivity index (χ2n) is 4.22. The fourth-order valence-electron chi connectivity index (χ4n) is 1.19. The highest BCUT2D eigenvalue weighted by molar-refractivity contribution is 6.70.